The van der Waals surface area contributed by atoms with Crippen molar-refractivity contribution in [2.75, 3.05) is 0 Å². The number of benzene rings is 2. The molecule has 0 saturated carbocycles. The molecule has 3 aliphatic rings. The van der Waals surface area contributed by atoms with E-state index in [1.54, 1.807) is 36.4 Å². The van der Waals surface area contributed by atoms with E-state index in [4.69, 9.17) is 5.73 Å². The molecule has 3 N–H and O–H groups in total. The molecule has 0 radical (unpaired) electrons. The van der Waals surface area contributed by atoms with Gasteiger partial charge in [-0.1, -0.05) is 44.5 Å². The van der Waals surface area contributed by atoms with Gasteiger partial charge in [-0.25, -0.2) is 4.99 Å². The zero-order chi connectivity index (χ0) is 25.4. The Labute approximate surface area is 204 Å². The Kier molecular flexibility index (Phi) is 9.17. The second-order valence-electron chi connectivity index (χ2n) is 8.27. The topological polar surface area (TPSA) is 97.0 Å². The highest BCUT2D eigenvalue weighted by atomic mass is 19.3. The number of rotatable bonds is 2. The highest BCUT2D eigenvalue weighted by molar-refractivity contribution is 5.98. The number of nitrogens with two attached hydrogens (primary N) is 1. The van der Waals surface area contributed by atoms with E-state index in [-0.39, 0.29) is 42.7 Å². The average Bonchev–Trinajstić information content (AvgIpc) is 2.84. The van der Waals surface area contributed by atoms with Crippen molar-refractivity contribution in [3.63, 3.8) is 0 Å². The van der Waals surface area contributed by atoms with Gasteiger partial charge in [-0.05, 0) is 48.6 Å². The summed E-state index contributed by atoms with van der Waals surface area (Å²) in [6.07, 6.45) is 3.45. The number of halogens is 2. The van der Waals surface area contributed by atoms with E-state index in [9.17, 15) is 18.4 Å². The maximum atomic E-state index is 12.8. The highest BCUT2D eigenvalue weighted by Crippen LogP contribution is 2.25. The van der Waals surface area contributed by atoms with Gasteiger partial charge in [0.1, 0.15) is 5.75 Å². The Morgan fingerprint density at radius 3 is 2.66 bits per heavy atom. The van der Waals surface area contributed by atoms with Crippen molar-refractivity contribution in [2.45, 2.75) is 71.7 Å². The minimum Gasteiger partial charge on any atom is -0.434 e. The van der Waals surface area contributed by atoms with E-state index >= 15 is 0 Å². The second kappa shape index (κ2) is 12.3. The lowest BCUT2D eigenvalue weighted by atomic mass is 10.00. The number of hydrogen-bond acceptors (Lipinski definition) is 5. The van der Waals surface area contributed by atoms with Crippen LogP contribution < -0.4 is 15.8 Å². The fraction of sp³-hybridized carbons (Fsp3) is 0.423. The van der Waals surface area contributed by atoms with Gasteiger partial charge in [0.2, 0.25) is 5.91 Å². The molecule has 35 heavy (non-hydrogen) atoms. The van der Waals surface area contributed by atoms with Gasteiger partial charge in [0.15, 0.2) is 5.96 Å². The van der Waals surface area contributed by atoms with Crippen LogP contribution in [0.25, 0.3) is 0 Å². The van der Waals surface area contributed by atoms with Crippen LogP contribution in [0.5, 0.6) is 5.75 Å². The lowest BCUT2D eigenvalue weighted by Gasteiger charge is -2.29. The lowest BCUT2D eigenvalue weighted by Crippen LogP contribution is -2.46. The molecule has 3 heterocycles. The maximum Gasteiger partial charge on any atom is 0.387 e. The first-order valence-electron chi connectivity index (χ1n) is 12.0. The molecule has 188 valence electrons. The predicted molar refractivity (Wildman–Crippen MR) is 130 cm³/mol. The van der Waals surface area contributed by atoms with Crippen LogP contribution in [0.4, 0.5) is 8.78 Å². The van der Waals surface area contributed by atoms with Gasteiger partial charge >= 0.3 is 6.61 Å². The molecule has 3 aliphatic heterocycles. The van der Waals surface area contributed by atoms with Crippen molar-refractivity contribution in [3.8, 4) is 5.75 Å². The molecule has 0 aliphatic carbocycles. The van der Waals surface area contributed by atoms with E-state index in [1.165, 1.54) is 11.0 Å². The summed E-state index contributed by atoms with van der Waals surface area (Å²) in [4.78, 5) is 31.4. The largest absolute Gasteiger partial charge is 0.434 e. The van der Waals surface area contributed by atoms with Crippen LogP contribution in [0.2, 0.25) is 0 Å². The molecule has 0 aromatic heterocycles. The molecule has 2 aromatic carbocycles. The van der Waals surface area contributed by atoms with Crippen molar-refractivity contribution in [1.29, 1.82) is 0 Å². The van der Waals surface area contributed by atoms with Crippen molar-refractivity contribution in [1.82, 2.24) is 10.2 Å². The van der Waals surface area contributed by atoms with Crippen molar-refractivity contribution < 1.29 is 23.1 Å². The van der Waals surface area contributed by atoms with Crippen molar-refractivity contribution in [2.24, 2.45) is 10.7 Å². The number of ether oxygens (including phenoxy) is 1. The number of aryl methyl sites for hydroxylation is 1. The van der Waals surface area contributed by atoms with Gasteiger partial charge in [-0.3, -0.25) is 14.5 Å². The van der Waals surface area contributed by atoms with Gasteiger partial charge in [-0.2, -0.15) is 8.78 Å². The molecule has 2 aromatic rings. The first-order valence-corrected chi connectivity index (χ1v) is 12.0. The van der Waals surface area contributed by atoms with Crippen LogP contribution in [0, 0.1) is 0 Å². The first-order chi connectivity index (χ1) is 16.9. The molecule has 1 atom stereocenters. The standard InChI is InChI=1S/C24H26F2N4O3.C2H6/c25-23(26)33-20-9-8-15-4-1-2-7-19-12-21(31)30(24(27)29-19)14-16-5-3-6-17(11-16)22(32)28-13-18(20)10-15;1-2/h3,5-6,8-11,19,23H,1-2,4,7,12-14H2,(H2,27,29)(H,28,32);1-2H3. The van der Waals surface area contributed by atoms with Gasteiger partial charge in [0, 0.05) is 24.1 Å². The minimum absolute atomic E-state index is 0.0469. The van der Waals surface area contributed by atoms with E-state index in [0.29, 0.717) is 17.5 Å². The average molecular weight is 487 g/mol. The SMILES string of the molecule is CC.NC1=NC2CCCCc3ccc(OC(F)F)c(c3)CNC(=O)c3cccc(c3)CN1C(=O)C2. The molecule has 0 fully saturated rings. The summed E-state index contributed by atoms with van der Waals surface area (Å²) >= 11 is 0. The fourth-order valence-electron chi connectivity index (χ4n) is 4.20. The molecule has 2 amide bonds. The molecular formula is C26H32F2N4O3. The third-order valence-electron chi connectivity index (χ3n) is 5.87. The van der Waals surface area contributed by atoms with Crippen LogP contribution in [0.1, 0.15) is 66.6 Å². The summed E-state index contributed by atoms with van der Waals surface area (Å²) < 4.78 is 30.3. The van der Waals surface area contributed by atoms with Crippen LogP contribution in [-0.4, -0.2) is 35.3 Å². The molecule has 6 bridgehead atoms. The Morgan fingerprint density at radius 1 is 1.11 bits per heavy atom. The molecule has 5 rings (SSSR count). The zero-order valence-corrected chi connectivity index (χ0v) is 20.1. The molecular weight excluding hydrogens is 454 g/mol. The number of aliphatic imine (C=N–C) groups is 1. The van der Waals surface area contributed by atoms with Crippen LogP contribution >= 0.6 is 0 Å². The number of nitrogens with one attached hydrogen (secondary N) is 1. The van der Waals surface area contributed by atoms with Gasteiger partial charge in [0.25, 0.3) is 5.91 Å². The molecule has 7 nitrogen and oxygen atoms in total. The lowest BCUT2D eigenvalue weighted by molar-refractivity contribution is -0.128. The summed E-state index contributed by atoms with van der Waals surface area (Å²) in [6, 6.07) is 11.8. The van der Waals surface area contributed by atoms with E-state index < -0.39 is 6.61 Å². The van der Waals surface area contributed by atoms with Crippen LogP contribution in [-0.2, 0) is 24.3 Å². The Balaban J connectivity index is 0.00000167. The fourth-order valence-corrected chi connectivity index (χ4v) is 4.20. The third kappa shape index (κ3) is 7.00. The zero-order valence-electron chi connectivity index (χ0n) is 20.1. The van der Waals surface area contributed by atoms with E-state index in [2.05, 4.69) is 15.0 Å². The minimum atomic E-state index is -2.95. The van der Waals surface area contributed by atoms with Gasteiger partial charge < -0.3 is 15.8 Å². The number of nitrogens with zero attached hydrogens (tertiary/aromatic N) is 2. The Hall–Kier alpha value is -3.49. The summed E-state index contributed by atoms with van der Waals surface area (Å²) in [6.45, 7) is 1.32. The smallest absolute Gasteiger partial charge is 0.387 e. The predicted octanol–water partition coefficient (Wildman–Crippen LogP) is 4.39. The number of carbonyl (C=O) groups excluding carboxylic acids is 2. The third-order valence-corrected chi connectivity index (χ3v) is 5.87. The summed E-state index contributed by atoms with van der Waals surface area (Å²) in [5.41, 5.74) is 8.66. The van der Waals surface area contributed by atoms with Crippen LogP contribution in [0.15, 0.2) is 47.5 Å². The normalized spacial score (nSPS) is 18.6. The Bertz CT molecular complexity index is 1070. The highest BCUT2D eigenvalue weighted by Gasteiger charge is 2.27. The molecule has 1 unspecified atom stereocenters. The molecule has 9 heteroatoms. The number of hydrogen-bond donors (Lipinski definition) is 2. The number of carbonyl (C=O) groups is 2. The van der Waals surface area contributed by atoms with Crippen molar-refractivity contribution in [3.05, 3.63) is 64.7 Å². The van der Waals surface area contributed by atoms with Crippen LogP contribution in [0.3, 0.4) is 0 Å². The quantitative estimate of drug-likeness (QED) is 0.658. The molecule has 0 saturated heterocycles. The maximum absolute atomic E-state index is 12.8. The van der Waals surface area contributed by atoms with Crippen molar-refractivity contribution >= 4 is 17.8 Å². The van der Waals surface area contributed by atoms with Gasteiger partial charge in [0.05, 0.1) is 12.6 Å². The second-order valence-corrected chi connectivity index (χ2v) is 8.27. The molecule has 0 spiro atoms. The van der Waals surface area contributed by atoms with Gasteiger partial charge in [-0.15, -0.1) is 0 Å². The van der Waals surface area contributed by atoms with E-state index in [1.807, 2.05) is 13.8 Å². The number of amides is 2. The monoisotopic (exact) mass is 486 g/mol. The first kappa shape index (κ1) is 26.1. The summed E-state index contributed by atoms with van der Waals surface area (Å²) in [5, 5.41) is 2.78. The Morgan fingerprint density at radius 2 is 1.91 bits per heavy atom. The summed E-state index contributed by atoms with van der Waals surface area (Å²) in [7, 11) is 0. The number of fused-ring (bicyclic) bond motifs is 6. The van der Waals surface area contributed by atoms with E-state index in [0.717, 1.165) is 36.8 Å². The number of alkyl halides is 2. The number of guanidine groups is 1. The summed E-state index contributed by atoms with van der Waals surface area (Å²) in [5.74, 6) is -0.196.